The van der Waals surface area contributed by atoms with Crippen LogP contribution in [-0.2, 0) is 6.54 Å². The number of nitrogens with zero attached hydrogens (tertiary/aromatic N) is 1. The first-order valence-electron chi connectivity index (χ1n) is 7.41. The molecule has 1 fully saturated rings. The number of benzene rings is 1. The molecule has 3 N–H and O–H groups in total. The Kier molecular flexibility index (Phi) is 4.29. The lowest BCUT2D eigenvalue weighted by molar-refractivity contribution is -0.944. The average molecular weight is 308 g/mol. The van der Waals surface area contributed by atoms with Crippen LogP contribution in [0.2, 0.25) is 5.02 Å². The third kappa shape index (κ3) is 2.84. The summed E-state index contributed by atoms with van der Waals surface area (Å²) in [6, 6.07) is 5.75. The number of pyridine rings is 1. The van der Waals surface area contributed by atoms with Gasteiger partial charge in [-0.2, -0.15) is 0 Å². The highest BCUT2D eigenvalue weighted by Gasteiger charge is 2.27. The van der Waals surface area contributed by atoms with Gasteiger partial charge in [0.25, 0.3) is 0 Å². The Balaban J connectivity index is 1.95. The van der Waals surface area contributed by atoms with Crippen LogP contribution in [0.5, 0.6) is 5.75 Å². The van der Waals surface area contributed by atoms with Crippen LogP contribution in [0.4, 0.5) is 0 Å². The van der Waals surface area contributed by atoms with Gasteiger partial charge in [-0.25, -0.2) is 0 Å². The van der Waals surface area contributed by atoms with Gasteiger partial charge in [-0.05, 0) is 31.0 Å². The number of nitrogens with one attached hydrogen (secondary N) is 1. The number of aromatic hydroxyl groups is 1. The van der Waals surface area contributed by atoms with E-state index < -0.39 is 0 Å². The predicted molar refractivity (Wildman–Crippen MR) is 82.7 cm³/mol. The Labute approximate surface area is 129 Å². The molecule has 3 rings (SSSR count). The third-order valence-electron chi connectivity index (χ3n) is 4.41. The smallest absolute Gasteiger partial charge is 0.150 e. The Morgan fingerprint density at radius 3 is 3.05 bits per heavy atom. The van der Waals surface area contributed by atoms with Crippen molar-refractivity contribution in [3.8, 4) is 5.75 Å². The van der Waals surface area contributed by atoms with E-state index >= 15 is 0 Å². The van der Waals surface area contributed by atoms with Gasteiger partial charge in [0.05, 0.1) is 23.7 Å². The topological polar surface area (TPSA) is 57.8 Å². The highest BCUT2D eigenvalue weighted by Crippen LogP contribution is 2.32. The summed E-state index contributed by atoms with van der Waals surface area (Å²) in [6.07, 6.45) is 5.02. The van der Waals surface area contributed by atoms with Gasteiger partial charge in [-0.1, -0.05) is 11.6 Å². The third-order valence-corrected chi connectivity index (χ3v) is 4.72. The van der Waals surface area contributed by atoms with E-state index in [0.717, 1.165) is 30.3 Å². The fourth-order valence-electron chi connectivity index (χ4n) is 3.22. The van der Waals surface area contributed by atoms with E-state index in [9.17, 15) is 10.2 Å². The molecule has 1 aromatic heterocycles. The van der Waals surface area contributed by atoms with Gasteiger partial charge >= 0.3 is 0 Å². The number of halogens is 1. The second-order valence-corrected chi connectivity index (χ2v) is 6.13. The number of fused-ring (bicyclic) bond motifs is 1. The molecule has 1 aromatic carbocycles. The van der Waals surface area contributed by atoms with Gasteiger partial charge in [0.15, 0.2) is 5.75 Å². The number of phenolic OH excluding ortho intramolecular Hbond substituents is 1. The molecule has 1 unspecified atom stereocenters. The van der Waals surface area contributed by atoms with Crippen molar-refractivity contribution in [3.63, 3.8) is 0 Å². The molecule has 112 valence electrons. The monoisotopic (exact) mass is 307 g/mol. The van der Waals surface area contributed by atoms with Gasteiger partial charge in [0.1, 0.15) is 18.1 Å². The van der Waals surface area contributed by atoms with Crippen molar-refractivity contribution in [1.29, 1.82) is 0 Å². The van der Waals surface area contributed by atoms with Crippen LogP contribution >= 0.6 is 11.6 Å². The summed E-state index contributed by atoms with van der Waals surface area (Å²) in [7, 11) is 0. The number of aromatic nitrogens is 1. The molecular formula is C16H20ClN2O2+. The van der Waals surface area contributed by atoms with Crippen LogP contribution in [0.15, 0.2) is 24.4 Å². The van der Waals surface area contributed by atoms with Crippen LogP contribution in [-0.4, -0.2) is 34.4 Å². The summed E-state index contributed by atoms with van der Waals surface area (Å²) >= 11 is 6.31. The summed E-state index contributed by atoms with van der Waals surface area (Å²) in [4.78, 5) is 5.55. The fraction of sp³-hybridized carbons (Fsp3) is 0.438. The Bertz CT molecular complexity index is 647. The summed E-state index contributed by atoms with van der Waals surface area (Å²) in [6.45, 7) is 1.88. The number of quaternary nitrogens is 1. The Morgan fingerprint density at radius 1 is 1.38 bits per heavy atom. The van der Waals surface area contributed by atoms with Crippen LogP contribution in [0, 0.1) is 0 Å². The van der Waals surface area contributed by atoms with E-state index in [1.807, 2.05) is 18.2 Å². The largest absolute Gasteiger partial charge is 0.505 e. The van der Waals surface area contributed by atoms with Crippen molar-refractivity contribution < 1.29 is 15.1 Å². The van der Waals surface area contributed by atoms with E-state index in [0.29, 0.717) is 17.1 Å². The summed E-state index contributed by atoms with van der Waals surface area (Å²) in [5, 5.41) is 21.4. The molecule has 0 amide bonds. The van der Waals surface area contributed by atoms with Gasteiger partial charge in [0, 0.05) is 18.0 Å². The first-order valence-corrected chi connectivity index (χ1v) is 7.79. The van der Waals surface area contributed by atoms with Gasteiger partial charge in [0.2, 0.25) is 0 Å². The number of rotatable bonds is 3. The standard InChI is InChI=1S/C16H19ClN2O2/c17-14-8-11(9-19-7-2-1-4-12(19)10-20)16(21)15-13(14)5-3-6-18-15/h3,5-6,8,12,20-21H,1-2,4,7,9-10H2/p+1/t12-/m0/s1. The normalized spacial score (nSPS) is 22.6. The lowest BCUT2D eigenvalue weighted by Gasteiger charge is -2.31. The molecule has 4 nitrogen and oxygen atoms in total. The Morgan fingerprint density at radius 2 is 2.24 bits per heavy atom. The molecule has 5 heteroatoms. The van der Waals surface area contributed by atoms with Crippen LogP contribution in [0.1, 0.15) is 24.8 Å². The number of hydrogen-bond acceptors (Lipinski definition) is 3. The first kappa shape index (κ1) is 14.6. The van der Waals surface area contributed by atoms with Crippen molar-refractivity contribution in [2.75, 3.05) is 13.2 Å². The molecular weight excluding hydrogens is 288 g/mol. The zero-order chi connectivity index (χ0) is 14.8. The minimum absolute atomic E-state index is 0.190. The number of hydrogen-bond donors (Lipinski definition) is 3. The van der Waals surface area contributed by atoms with E-state index in [4.69, 9.17) is 11.6 Å². The molecule has 1 aliphatic rings. The quantitative estimate of drug-likeness (QED) is 0.806. The summed E-state index contributed by atoms with van der Waals surface area (Å²) in [5.41, 5.74) is 1.36. The first-order chi connectivity index (χ1) is 10.2. The van der Waals surface area contributed by atoms with E-state index in [-0.39, 0.29) is 18.4 Å². The average Bonchev–Trinajstić information content (AvgIpc) is 2.53. The Hall–Kier alpha value is -1.36. The SMILES string of the molecule is OC[C@@H]1CCCC[NH+]1Cc1cc(Cl)c2cccnc2c1O. The van der Waals surface area contributed by atoms with E-state index in [1.54, 1.807) is 6.20 Å². The molecule has 21 heavy (non-hydrogen) atoms. The second kappa shape index (κ2) is 6.18. The highest BCUT2D eigenvalue weighted by molar-refractivity contribution is 6.35. The van der Waals surface area contributed by atoms with Crippen molar-refractivity contribution in [2.24, 2.45) is 0 Å². The van der Waals surface area contributed by atoms with Gasteiger partial charge in [-0.3, -0.25) is 4.98 Å². The zero-order valence-electron chi connectivity index (χ0n) is 11.8. The van der Waals surface area contributed by atoms with Crippen molar-refractivity contribution in [3.05, 3.63) is 35.0 Å². The lowest BCUT2D eigenvalue weighted by Crippen LogP contribution is -3.15. The lowest BCUT2D eigenvalue weighted by atomic mass is 10.0. The molecule has 2 aromatic rings. The van der Waals surface area contributed by atoms with Crippen LogP contribution in [0.25, 0.3) is 10.9 Å². The summed E-state index contributed by atoms with van der Waals surface area (Å²) < 4.78 is 0. The van der Waals surface area contributed by atoms with Crippen molar-refractivity contribution >= 4 is 22.5 Å². The number of aliphatic hydroxyl groups is 1. The molecule has 0 radical (unpaired) electrons. The molecule has 0 bridgehead atoms. The number of piperidine rings is 1. The molecule has 0 spiro atoms. The molecule has 0 saturated carbocycles. The predicted octanol–water partition coefficient (Wildman–Crippen LogP) is 1.52. The maximum Gasteiger partial charge on any atom is 0.150 e. The molecule has 0 aliphatic carbocycles. The van der Waals surface area contributed by atoms with Crippen molar-refractivity contribution in [2.45, 2.75) is 31.8 Å². The summed E-state index contributed by atoms with van der Waals surface area (Å²) in [5.74, 6) is 0.213. The van der Waals surface area contributed by atoms with E-state index in [2.05, 4.69) is 4.98 Å². The zero-order valence-corrected chi connectivity index (χ0v) is 12.6. The minimum Gasteiger partial charge on any atom is -0.505 e. The molecule has 2 atom stereocenters. The highest BCUT2D eigenvalue weighted by atomic mass is 35.5. The molecule has 2 heterocycles. The van der Waals surface area contributed by atoms with Crippen LogP contribution < -0.4 is 4.90 Å². The van der Waals surface area contributed by atoms with E-state index in [1.165, 1.54) is 11.3 Å². The van der Waals surface area contributed by atoms with Gasteiger partial charge < -0.3 is 15.1 Å². The molecule has 1 aliphatic heterocycles. The number of likely N-dealkylation sites (tertiary alicyclic amines) is 1. The number of aliphatic hydroxyl groups excluding tert-OH is 1. The maximum absolute atomic E-state index is 10.5. The second-order valence-electron chi connectivity index (χ2n) is 5.73. The number of phenols is 1. The van der Waals surface area contributed by atoms with Crippen molar-refractivity contribution in [1.82, 2.24) is 4.98 Å². The molecule has 1 saturated heterocycles. The maximum atomic E-state index is 10.5. The van der Waals surface area contributed by atoms with Gasteiger partial charge in [-0.15, -0.1) is 0 Å². The minimum atomic E-state index is 0.190. The van der Waals surface area contributed by atoms with Crippen LogP contribution in [0.3, 0.4) is 0 Å². The fourth-order valence-corrected chi connectivity index (χ4v) is 3.51.